The Bertz CT molecular complexity index is 368. The van der Waals surface area contributed by atoms with Crippen LogP contribution >= 0.6 is 11.6 Å². The van der Waals surface area contributed by atoms with Crippen molar-refractivity contribution in [2.24, 2.45) is 0 Å². The average molecular weight is 208 g/mol. The van der Waals surface area contributed by atoms with Crippen molar-refractivity contribution in [3.05, 3.63) is 47.0 Å². The Labute approximate surface area is 88.4 Å². The second-order valence-electron chi connectivity index (χ2n) is 2.72. The summed E-state index contributed by atoms with van der Waals surface area (Å²) in [6, 6.07) is 7.17. The SMILES string of the molecule is C=CCOCc1ccc(C#N)cc1Cl. The maximum atomic E-state index is 8.61. The third-order valence-corrected chi connectivity index (χ3v) is 2.03. The molecule has 1 rings (SSSR count). The highest BCUT2D eigenvalue weighted by Crippen LogP contribution is 2.18. The third-order valence-electron chi connectivity index (χ3n) is 1.68. The monoisotopic (exact) mass is 207 g/mol. The number of hydrogen-bond donors (Lipinski definition) is 0. The molecule has 72 valence electrons. The van der Waals surface area contributed by atoms with Crippen LogP contribution in [0, 0.1) is 11.3 Å². The molecule has 2 nitrogen and oxygen atoms in total. The fourth-order valence-electron chi connectivity index (χ4n) is 0.986. The zero-order chi connectivity index (χ0) is 10.4. The minimum Gasteiger partial charge on any atom is -0.373 e. The van der Waals surface area contributed by atoms with Crippen molar-refractivity contribution in [2.75, 3.05) is 6.61 Å². The molecule has 0 unspecified atom stereocenters. The van der Waals surface area contributed by atoms with Gasteiger partial charge < -0.3 is 4.74 Å². The molecule has 0 radical (unpaired) electrons. The molecule has 0 atom stereocenters. The number of hydrogen-bond acceptors (Lipinski definition) is 2. The predicted octanol–water partition coefficient (Wildman–Crippen LogP) is 2.91. The first-order valence-corrected chi connectivity index (χ1v) is 4.53. The average Bonchev–Trinajstić information content (AvgIpc) is 2.20. The number of rotatable bonds is 4. The van der Waals surface area contributed by atoms with Crippen LogP contribution in [0.5, 0.6) is 0 Å². The van der Waals surface area contributed by atoms with Crippen molar-refractivity contribution in [3.63, 3.8) is 0 Å². The lowest BCUT2D eigenvalue weighted by molar-refractivity contribution is 0.149. The van der Waals surface area contributed by atoms with Gasteiger partial charge in [-0.1, -0.05) is 23.7 Å². The van der Waals surface area contributed by atoms with Gasteiger partial charge in [0.05, 0.1) is 24.8 Å². The first-order chi connectivity index (χ1) is 6.77. The lowest BCUT2D eigenvalue weighted by atomic mass is 10.1. The van der Waals surface area contributed by atoms with Crippen molar-refractivity contribution in [1.29, 1.82) is 5.26 Å². The fraction of sp³-hybridized carbons (Fsp3) is 0.182. The molecule has 3 heteroatoms. The van der Waals surface area contributed by atoms with E-state index in [0.29, 0.717) is 23.8 Å². The molecule has 0 aliphatic rings. The Morgan fingerprint density at radius 1 is 1.57 bits per heavy atom. The molecule has 14 heavy (non-hydrogen) atoms. The molecular formula is C11H10ClNO. The van der Waals surface area contributed by atoms with Gasteiger partial charge in [0, 0.05) is 5.02 Å². The molecule has 0 amide bonds. The highest BCUT2D eigenvalue weighted by atomic mass is 35.5. The summed E-state index contributed by atoms with van der Waals surface area (Å²) in [6.45, 7) is 4.48. The van der Waals surface area contributed by atoms with Crippen LogP contribution in [0.3, 0.4) is 0 Å². The van der Waals surface area contributed by atoms with Crippen LogP contribution in [0.25, 0.3) is 0 Å². The van der Waals surface area contributed by atoms with E-state index in [9.17, 15) is 0 Å². The second-order valence-corrected chi connectivity index (χ2v) is 3.13. The topological polar surface area (TPSA) is 33.0 Å². The van der Waals surface area contributed by atoms with Crippen LogP contribution in [0.15, 0.2) is 30.9 Å². The van der Waals surface area contributed by atoms with E-state index >= 15 is 0 Å². The smallest absolute Gasteiger partial charge is 0.0992 e. The Morgan fingerprint density at radius 3 is 2.93 bits per heavy atom. The first-order valence-electron chi connectivity index (χ1n) is 4.15. The van der Waals surface area contributed by atoms with Crippen LogP contribution < -0.4 is 0 Å². The van der Waals surface area contributed by atoms with Crippen molar-refractivity contribution in [2.45, 2.75) is 6.61 Å². The van der Waals surface area contributed by atoms with Crippen molar-refractivity contribution in [1.82, 2.24) is 0 Å². The number of nitrogens with zero attached hydrogens (tertiary/aromatic N) is 1. The van der Waals surface area contributed by atoms with Gasteiger partial charge in [-0.3, -0.25) is 0 Å². The normalized spacial score (nSPS) is 9.43. The molecule has 0 N–H and O–H groups in total. The third kappa shape index (κ3) is 2.88. The van der Waals surface area contributed by atoms with Gasteiger partial charge in [0.15, 0.2) is 0 Å². The summed E-state index contributed by atoms with van der Waals surface area (Å²) in [4.78, 5) is 0. The van der Waals surface area contributed by atoms with Gasteiger partial charge in [0.1, 0.15) is 0 Å². The van der Waals surface area contributed by atoms with Gasteiger partial charge in [-0.25, -0.2) is 0 Å². The van der Waals surface area contributed by atoms with Gasteiger partial charge in [0.25, 0.3) is 0 Å². The molecule has 0 saturated heterocycles. The number of benzene rings is 1. The van der Waals surface area contributed by atoms with E-state index in [1.54, 1.807) is 24.3 Å². The Kier molecular flexibility index (Phi) is 4.18. The summed E-state index contributed by atoms with van der Waals surface area (Å²) in [7, 11) is 0. The first kappa shape index (κ1) is 10.8. The van der Waals surface area contributed by atoms with Crippen molar-refractivity contribution in [3.8, 4) is 6.07 Å². The van der Waals surface area contributed by atoms with Gasteiger partial charge in [-0.2, -0.15) is 5.26 Å². The predicted molar refractivity (Wildman–Crippen MR) is 56.0 cm³/mol. The van der Waals surface area contributed by atoms with E-state index in [4.69, 9.17) is 21.6 Å². The minimum atomic E-state index is 0.441. The highest BCUT2D eigenvalue weighted by molar-refractivity contribution is 6.31. The summed E-state index contributed by atoms with van der Waals surface area (Å²) in [6.07, 6.45) is 1.68. The lowest BCUT2D eigenvalue weighted by Crippen LogP contribution is -1.93. The Hall–Kier alpha value is -1.30. The van der Waals surface area contributed by atoms with Gasteiger partial charge in [-0.15, -0.1) is 6.58 Å². The van der Waals surface area contributed by atoms with E-state index in [2.05, 4.69) is 6.58 Å². The molecule has 0 fully saturated rings. The summed E-state index contributed by atoms with van der Waals surface area (Å²) in [5.41, 5.74) is 1.44. The van der Waals surface area contributed by atoms with E-state index in [1.807, 2.05) is 6.07 Å². The summed E-state index contributed by atoms with van der Waals surface area (Å²) in [5, 5.41) is 9.18. The molecule has 0 aromatic heterocycles. The Morgan fingerprint density at radius 2 is 2.36 bits per heavy atom. The van der Waals surface area contributed by atoms with Crippen LogP contribution in [0.1, 0.15) is 11.1 Å². The molecule has 0 heterocycles. The Balaban J connectivity index is 2.70. The maximum Gasteiger partial charge on any atom is 0.0992 e. The summed E-state index contributed by atoms with van der Waals surface area (Å²) < 4.78 is 5.24. The van der Waals surface area contributed by atoms with Crippen LogP contribution in [-0.2, 0) is 11.3 Å². The van der Waals surface area contributed by atoms with Gasteiger partial charge >= 0.3 is 0 Å². The molecule has 0 saturated carbocycles. The largest absolute Gasteiger partial charge is 0.373 e. The molecule has 0 spiro atoms. The van der Waals surface area contributed by atoms with E-state index < -0.39 is 0 Å². The number of halogens is 1. The van der Waals surface area contributed by atoms with Crippen LogP contribution in [0.2, 0.25) is 5.02 Å². The number of nitriles is 1. The molecule has 0 aliphatic heterocycles. The highest BCUT2D eigenvalue weighted by Gasteiger charge is 2.01. The summed E-state index contributed by atoms with van der Waals surface area (Å²) >= 11 is 5.93. The molecule has 0 bridgehead atoms. The summed E-state index contributed by atoms with van der Waals surface area (Å²) in [5.74, 6) is 0. The van der Waals surface area contributed by atoms with E-state index in [1.165, 1.54) is 0 Å². The second kappa shape index (κ2) is 5.43. The van der Waals surface area contributed by atoms with Crippen molar-refractivity contribution < 1.29 is 4.74 Å². The van der Waals surface area contributed by atoms with Crippen LogP contribution in [-0.4, -0.2) is 6.61 Å². The fourth-order valence-corrected chi connectivity index (χ4v) is 1.22. The minimum absolute atomic E-state index is 0.441. The zero-order valence-corrected chi connectivity index (χ0v) is 8.42. The molecular weight excluding hydrogens is 198 g/mol. The lowest BCUT2D eigenvalue weighted by Gasteiger charge is -2.04. The van der Waals surface area contributed by atoms with Gasteiger partial charge in [0.2, 0.25) is 0 Å². The standard InChI is InChI=1S/C11H10ClNO/c1-2-5-14-8-10-4-3-9(7-13)6-11(10)12/h2-4,6H,1,5,8H2. The van der Waals surface area contributed by atoms with E-state index in [0.717, 1.165) is 5.56 Å². The molecule has 1 aromatic rings. The van der Waals surface area contributed by atoms with Gasteiger partial charge in [-0.05, 0) is 17.7 Å². The molecule has 1 aromatic carbocycles. The molecule has 0 aliphatic carbocycles. The quantitative estimate of drug-likeness (QED) is 0.562. The zero-order valence-electron chi connectivity index (χ0n) is 7.66. The maximum absolute atomic E-state index is 8.61. The van der Waals surface area contributed by atoms with E-state index in [-0.39, 0.29) is 0 Å². The number of ether oxygens (including phenoxy) is 1. The van der Waals surface area contributed by atoms with Crippen LogP contribution in [0.4, 0.5) is 0 Å². The van der Waals surface area contributed by atoms with Crippen molar-refractivity contribution >= 4 is 11.6 Å².